The Labute approximate surface area is 89.4 Å². The van der Waals surface area contributed by atoms with Gasteiger partial charge < -0.3 is 11.1 Å². The summed E-state index contributed by atoms with van der Waals surface area (Å²) >= 11 is 0. The number of aryl methyl sites for hydroxylation is 1. The molecule has 84 valence electrons. The van der Waals surface area contributed by atoms with E-state index in [-0.39, 0.29) is 11.9 Å². The number of rotatable bonds is 5. The monoisotopic (exact) mass is 210 g/mol. The van der Waals surface area contributed by atoms with Gasteiger partial charge in [-0.2, -0.15) is 5.10 Å². The van der Waals surface area contributed by atoms with Crippen molar-refractivity contribution in [1.82, 2.24) is 15.5 Å². The second kappa shape index (κ2) is 5.50. The summed E-state index contributed by atoms with van der Waals surface area (Å²) in [6.45, 7) is 4.40. The predicted molar refractivity (Wildman–Crippen MR) is 58.1 cm³/mol. The maximum atomic E-state index is 11.4. The number of aromatic nitrogens is 2. The van der Waals surface area contributed by atoms with Crippen LogP contribution in [-0.2, 0) is 11.3 Å². The number of amides is 1. The third kappa shape index (κ3) is 3.71. The second-order valence-electron chi connectivity index (χ2n) is 3.67. The summed E-state index contributed by atoms with van der Waals surface area (Å²) in [6.07, 6.45) is 2.92. The van der Waals surface area contributed by atoms with Gasteiger partial charge in [-0.1, -0.05) is 6.92 Å². The Balaban J connectivity index is 2.31. The van der Waals surface area contributed by atoms with Gasteiger partial charge in [0.05, 0.1) is 6.20 Å². The van der Waals surface area contributed by atoms with Gasteiger partial charge in [0.15, 0.2) is 0 Å². The van der Waals surface area contributed by atoms with Crippen LogP contribution in [0.4, 0.5) is 0 Å². The lowest BCUT2D eigenvalue weighted by Crippen LogP contribution is -2.30. The molecule has 0 spiro atoms. The van der Waals surface area contributed by atoms with E-state index in [0.717, 1.165) is 17.7 Å². The van der Waals surface area contributed by atoms with Crippen LogP contribution >= 0.6 is 0 Å². The minimum atomic E-state index is -0.0459. The van der Waals surface area contributed by atoms with E-state index >= 15 is 0 Å². The molecule has 0 aliphatic rings. The highest BCUT2D eigenvalue weighted by molar-refractivity contribution is 5.76. The number of nitrogens with zero attached hydrogens (tertiary/aromatic N) is 1. The Morgan fingerprint density at radius 2 is 2.47 bits per heavy atom. The molecule has 1 amide bonds. The summed E-state index contributed by atoms with van der Waals surface area (Å²) in [4.78, 5) is 11.4. The van der Waals surface area contributed by atoms with Crippen molar-refractivity contribution in [3.63, 3.8) is 0 Å². The van der Waals surface area contributed by atoms with Crippen molar-refractivity contribution in [1.29, 1.82) is 0 Å². The number of nitrogens with one attached hydrogen (secondary N) is 2. The minimum Gasteiger partial charge on any atom is -0.352 e. The van der Waals surface area contributed by atoms with Gasteiger partial charge in [-0.15, -0.1) is 0 Å². The van der Waals surface area contributed by atoms with E-state index in [4.69, 9.17) is 5.73 Å². The number of aromatic amines is 1. The topological polar surface area (TPSA) is 83.8 Å². The average molecular weight is 210 g/mol. The molecule has 1 aromatic rings. The summed E-state index contributed by atoms with van der Waals surface area (Å²) in [7, 11) is 0. The van der Waals surface area contributed by atoms with Gasteiger partial charge in [-0.25, -0.2) is 0 Å². The molecule has 5 nitrogen and oxygen atoms in total. The average Bonchev–Trinajstić information content (AvgIpc) is 2.61. The summed E-state index contributed by atoms with van der Waals surface area (Å²) in [5.74, 6) is -0.00931. The number of nitrogens with two attached hydrogens (primary N) is 1. The Morgan fingerprint density at radius 1 is 1.73 bits per heavy atom. The highest BCUT2D eigenvalue weighted by atomic mass is 16.1. The Morgan fingerprint density at radius 3 is 3.00 bits per heavy atom. The van der Waals surface area contributed by atoms with Gasteiger partial charge in [0.1, 0.15) is 0 Å². The number of hydrogen-bond donors (Lipinski definition) is 3. The van der Waals surface area contributed by atoms with Gasteiger partial charge >= 0.3 is 0 Å². The Kier molecular flexibility index (Phi) is 4.30. The molecular formula is C10H18N4O. The van der Waals surface area contributed by atoms with Crippen molar-refractivity contribution in [3.05, 3.63) is 17.5 Å². The van der Waals surface area contributed by atoms with E-state index in [1.165, 1.54) is 0 Å². The maximum absolute atomic E-state index is 11.4. The third-order valence-electron chi connectivity index (χ3n) is 2.38. The van der Waals surface area contributed by atoms with E-state index in [2.05, 4.69) is 15.5 Å². The fourth-order valence-electron chi connectivity index (χ4n) is 1.20. The molecule has 1 unspecified atom stereocenters. The van der Waals surface area contributed by atoms with Crippen LogP contribution in [0.1, 0.15) is 31.0 Å². The van der Waals surface area contributed by atoms with Gasteiger partial charge in [-0.3, -0.25) is 9.89 Å². The summed E-state index contributed by atoms with van der Waals surface area (Å²) in [5, 5.41) is 9.51. The van der Waals surface area contributed by atoms with Crippen LogP contribution in [0.25, 0.3) is 0 Å². The van der Waals surface area contributed by atoms with Crippen molar-refractivity contribution < 1.29 is 4.79 Å². The number of carbonyl (C=O) groups excluding carboxylic acids is 1. The quantitative estimate of drug-likeness (QED) is 0.660. The fraction of sp³-hybridized carbons (Fsp3) is 0.600. The molecule has 1 aromatic heterocycles. The lowest BCUT2D eigenvalue weighted by Gasteiger charge is -2.08. The van der Waals surface area contributed by atoms with E-state index < -0.39 is 0 Å². The van der Waals surface area contributed by atoms with Gasteiger partial charge in [-0.05, 0) is 13.3 Å². The molecule has 0 fully saturated rings. The summed E-state index contributed by atoms with van der Waals surface area (Å²) in [5.41, 5.74) is 7.66. The van der Waals surface area contributed by atoms with Crippen LogP contribution < -0.4 is 11.1 Å². The molecule has 0 aliphatic heterocycles. The minimum absolute atomic E-state index is 0.00931. The van der Waals surface area contributed by atoms with Crippen LogP contribution in [0.5, 0.6) is 0 Å². The first-order valence-electron chi connectivity index (χ1n) is 5.14. The standard InChI is InChI=1S/C10H18N4O/c1-3-9(11)4-10(15)12-5-8-6-13-14-7(8)2/h6,9H,3-5,11H2,1-2H3,(H,12,15)(H,13,14). The highest BCUT2D eigenvalue weighted by Gasteiger charge is 2.08. The summed E-state index contributed by atoms with van der Waals surface area (Å²) < 4.78 is 0. The Hall–Kier alpha value is -1.36. The van der Waals surface area contributed by atoms with Crippen LogP contribution in [0, 0.1) is 6.92 Å². The van der Waals surface area contributed by atoms with Crippen molar-refractivity contribution in [3.8, 4) is 0 Å². The van der Waals surface area contributed by atoms with Crippen LogP contribution in [0.3, 0.4) is 0 Å². The molecule has 1 atom stereocenters. The molecule has 0 saturated carbocycles. The van der Waals surface area contributed by atoms with Crippen molar-refractivity contribution in [2.45, 2.75) is 39.3 Å². The first-order valence-corrected chi connectivity index (χ1v) is 5.14. The molecule has 0 aromatic carbocycles. The SMILES string of the molecule is CCC(N)CC(=O)NCc1cn[nH]c1C. The molecule has 0 radical (unpaired) electrons. The lowest BCUT2D eigenvalue weighted by atomic mass is 10.1. The predicted octanol–water partition coefficient (Wildman–Crippen LogP) is 0.462. The number of hydrogen-bond acceptors (Lipinski definition) is 3. The first kappa shape index (κ1) is 11.7. The largest absolute Gasteiger partial charge is 0.352 e. The van der Waals surface area contributed by atoms with Crippen molar-refractivity contribution >= 4 is 5.91 Å². The third-order valence-corrected chi connectivity index (χ3v) is 2.38. The van der Waals surface area contributed by atoms with Crippen molar-refractivity contribution in [2.75, 3.05) is 0 Å². The molecule has 0 bridgehead atoms. The molecule has 1 rings (SSSR count). The molecule has 4 N–H and O–H groups in total. The Bertz CT molecular complexity index is 321. The molecule has 15 heavy (non-hydrogen) atoms. The van der Waals surface area contributed by atoms with E-state index in [1.807, 2.05) is 13.8 Å². The normalized spacial score (nSPS) is 12.5. The molecule has 1 heterocycles. The second-order valence-corrected chi connectivity index (χ2v) is 3.67. The molecule has 0 aliphatic carbocycles. The zero-order valence-corrected chi connectivity index (χ0v) is 9.21. The fourth-order valence-corrected chi connectivity index (χ4v) is 1.20. The van der Waals surface area contributed by atoms with E-state index in [9.17, 15) is 4.79 Å². The van der Waals surface area contributed by atoms with Crippen molar-refractivity contribution in [2.24, 2.45) is 5.73 Å². The van der Waals surface area contributed by atoms with Crippen LogP contribution in [0.2, 0.25) is 0 Å². The summed E-state index contributed by atoms with van der Waals surface area (Å²) in [6, 6.07) is -0.0459. The van der Waals surface area contributed by atoms with Gasteiger partial charge in [0, 0.05) is 30.3 Å². The smallest absolute Gasteiger partial charge is 0.221 e. The van der Waals surface area contributed by atoms with Gasteiger partial charge in [0.2, 0.25) is 5.91 Å². The first-order chi connectivity index (χ1) is 7.13. The molecular weight excluding hydrogens is 192 g/mol. The molecule has 5 heteroatoms. The zero-order chi connectivity index (χ0) is 11.3. The van der Waals surface area contributed by atoms with E-state index in [1.54, 1.807) is 6.20 Å². The zero-order valence-electron chi connectivity index (χ0n) is 9.21. The van der Waals surface area contributed by atoms with E-state index in [0.29, 0.717) is 13.0 Å². The molecule has 0 saturated heterocycles. The lowest BCUT2D eigenvalue weighted by molar-refractivity contribution is -0.121. The van der Waals surface area contributed by atoms with Gasteiger partial charge in [0.25, 0.3) is 0 Å². The number of carbonyl (C=O) groups is 1. The highest BCUT2D eigenvalue weighted by Crippen LogP contribution is 2.01. The van der Waals surface area contributed by atoms with Crippen LogP contribution in [-0.4, -0.2) is 22.1 Å². The maximum Gasteiger partial charge on any atom is 0.221 e. The van der Waals surface area contributed by atoms with Crippen LogP contribution in [0.15, 0.2) is 6.20 Å². The number of H-pyrrole nitrogens is 1.